The zero-order chi connectivity index (χ0) is 13.7. The van der Waals surface area contributed by atoms with Gasteiger partial charge in [0.2, 0.25) is 0 Å². The smallest absolute Gasteiger partial charge is 0.0839 e. The zero-order valence-electron chi connectivity index (χ0n) is 10.6. The molecule has 1 fully saturated rings. The molecule has 0 spiro atoms. The van der Waals surface area contributed by atoms with Crippen LogP contribution in [0.1, 0.15) is 0 Å². The molecule has 1 aliphatic rings. The van der Waals surface area contributed by atoms with Crippen molar-refractivity contribution in [1.82, 2.24) is 4.90 Å². The van der Waals surface area contributed by atoms with Crippen molar-refractivity contribution in [3.63, 3.8) is 0 Å². The van der Waals surface area contributed by atoms with Gasteiger partial charge in [-0.1, -0.05) is 23.2 Å². The highest BCUT2D eigenvalue weighted by Crippen LogP contribution is 2.25. The number of halogens is 2. The van der Waals surface area contributed by atoms with Gasteiger partial charge < -0.3 is 15.2 Å². The minimum atomic E-state index is -0.440. The summed E-state index contributed by atoms with van der Waals surface area (Å²) in [6, 6.07) is 5.26. The molecule has 2 N–H and O–H groups in total. The molecule has 1 aromatic rings. The number of nitrogens with zero attached hydrogens (tertiary/aromatic N) is 1. The molecule has 4 nitrogen and oxygen atoms in total. The van der Waals surface area contributed by atoms with Crippen molar-refractivity contribution in [2.45, 2.75) is 6.10 Å². The number of hydrogen-bond acceptors (Lipinski definition) is 4. The van der Waals surface area contributed by atoms with Gasteiger partial charge in [-0.2, -0.15) is 0 Å². The summed E-state index contributed by atoms with van der Waals surface area (Å²) in [4.78, 5) is 2.19. The summed E-state index contributed by atoms with van der Waals surface area (Å²) in [5.74, 6) is 0. The Balaban J connectivity index is 1.77. The largest absolute Gasteiger partial charge is 0.390 e. The third-order valence-corrected chi connectivity index (χ3v) is 3.58. The number of morpholine rings is 1. The van der Waals surface area contributed by atoms with E-state index in [-0.39, 0.29) is 0 Å². The van der Waals surface area contributed by atoms with Crippen molar-refractivity contribution >= 4 is 28.9 Å². The Morgan fingerprint density at radius 3 is 2.74 bits per heavy atom. The van der Waals surface area contributed by atoms with E-state index in [1.807, 2.05) is 6.07 Å². The molecule has 1 heterocycles. The summed E-state index contributed by atoms with van der Waals surface area (Å²) >= 11 is 11.9. The third kappa shape index (κ3) is 4.82. The van der Waals surface area contributed by atoms with E-state index in [0.29, 0.717) is 23.1 Å². The molecule has 19 heavy (non-hydrogen) atoms. The summed E-state index contributed by atoms with van der Waals surface area (Å²) in [5, 5.41) is 14.3. The highest BCUT2D eigenvalue weighted by atomic mass is 35.5. The van der Waals surface area contributed by atoms with E-state index in [9.17, 15) is 5.11 Å². The van der Waals surface area contributed by atoms with E-state index < -0.39 is 6.10 Å². The molecule has 106 valence electrons. The Kier molecular flexibility index (Phi) is 5.73. The van der Waals surface area contributed by atoms with Crippen LogP contribution in [0.5, 0.6) is 0 Å². The fourth-order valence-corrected chi connectivity index (χ4v) is 2.48. The van der Waals surface area contributed by atoms with Gasteiger partial charge in [0.15, 0.2) is 0 Å². The van der Waals surface area contributed by atoms with E-state index in [4.69, 9.17) is 27.9 Å². The minimum Gasteiger partial charge on any atom is -0.390 e. The van der Waals surface area contributed by atoms with E-state index in [1.165, 1.54) is 0 Å². The van der Waals surface area contributed by atoms with E-state index in [2.05, 4.69) is 10.2 Å². The summed E-state index contributed by atoms with van der Waals surface area (Å²) in [6.07, 6.45) is -0.440. The van der Waals surface area contributed by atoms with Gasteiger partial charge in [-0.15, -0.1) is 0 Å². The number of rotatable bonds is 5. The first-order chi connectivity index (χ1) is 9.15. The monoisotopic (exact) mass is 304 g/mol. The molecule has 0 radical (unpaired) electrons. The number of hydrogen-bond donors (Lipinski definition) is 2. The maximum Gasteiger partial charge on any atom is 0.0839 e. The van der Waals surface area contributed by atoms with Crippen molar-refractivity contribution in [1.29, 1.82) is 0 Å². The molecular formula is C13H18Cl2N2O2. The molecule has 1 atom stereocenters. The molecule has 0 amide bonds. The van der Waals surface area contributed by atoms with Crippen LogP contribution >= 0.6 is 23.2 Å². The standard InChI is InChI=1S/C13H18Cl2N2O2/c14-10-1-2-13(12(15)7-10)16-8-11(18)9-17-3-5-19-6-4-17/h1-2,7,11,16,18H,3-6,8-9H2. The number of aliphatic hydroxyl groups is 1. The predicted octanol–water partition coefficient (Wildman–Crippen LogP) is 2.10. The molecule has 0 aliphatic carbocycles. The lowest BCUT2D eigenvalue weighted by molar-refractivity contribution is 0.0171. The van der Waals surface area contributed by atoms with Gasteiger partial charge >= 0.3 is 0 Å². The van der Waals surface area contributed by atoms with Crippen LogP contribution in [0.2, 0.25) is 10.0 Å². The maximum absolute atomic E-state index is 9.99. The fraction of sp³-hybridized carbons (Fsp3) is 0.538. The van der Waals surface area contributed by atoms with E-state index in [0.717, 1.165) is 32.0 Å². The lowest BCUT2D eigenvalue weighted by Crippen LogP contribution is -2.42. The van der Waals surface area contributed by atoms with E-state index >= 15 is 0 Å². The minimum absolute atomic E-state index is 0.440. The summed E-state index contributed by atoms with van der Waals surface area (Å²) in [5.41, 5.74) is 0.784. The highest BCUT2D eigenvalue weighted by molar-refractivity contribution is 6.36. The first kappa shape index (κ1) is 14.9. The van der Waals surface area contributed by atoms with Gasteiger partial charge in [0, 0.05) is 31.2 Å². The topological polar surface area (TPSA) is 44.7 Å². The highest BCUT2D eigenvalue weighted by Gasteiger charge is 2.14. The Bertz CT molecular complexity index is 412. The second kappa shape index (κ2) is 7.31. The molecule has 1 saturated heterocycles. The van der Waals surface area contributed by atoms with Crippen LogP contribution in [0.4, 0.5) is 5.69 Å². The van der Waals surface area contributed by atoms with Crippen LogP contribution in [0, 0.1) is 0 Å². The quantitative estimate of drug-likeness (QED) is 0.874. The molecule has 2 rings (SSSR count). The SMILES string of the molecule is OC(CNc1ccc(Cl)cc1Cl)CN1CCOCC1. The molecule has 1 aliphatic heterocycles. The van der Waals surface area contributed by atoms with Crippen molar-refractivity contribution in [2.75, 3.05) is 44.7 Å². The molecular weight excluding hydrogens is 287 g/mol. The van der Waals surface area contributed by atoms with Crippen molar-refractivity contribution in [2.24, 2.45) is 0 Å². The van der Waals surface area contributed by atoms with Crippen molar-refractivity contribution < 1.29 is 9.84 Å². The number of nitrogens with one attached hydrogen (secondary N) is 1. The number of anilines is 1. The summed E-state index contributed by atoms with van der Waals surface area (Å²) in [6.45, 7) is 4.32. The summed E-state index contributed by atoms with van der Waals surface area (Å²) < 4.78 is 5.27. The molecule has 0 saturated carbocycles. The van der Waals surface area contributed by atoms with Crippen molar-refractivity contribution in [3.8, 4) is 0 Å². The molecule has 1 unspecified atom stereocenters. The molecule has 1 aromatic carbocycles. The Hall–Kier alpha value is -0.520. The average molecular weight is 305 g/mol. The number of benzene rings is 1. The number of ether oxygens (including phenoxy) is 1. The van der Waals surface area contributed by atoms with Crippen LogP contribution in [-0.2, 0) is 4.74 Å². The molecule has 0 bridgehead atoms. The van der Waals surface area contributed by atoms with Crippen molar-refractivity contribution in [3.05, 3.63) is 28.2 Å². The molecule has 0 aromatic heterocycles. The Labute approximate surface area is 123 Å². The zero-order valence-corrected chi connectivity index (χ0v) is 12.1. The van der Waals surface area contributed by atoms with Crippen LogP contribution in [0.3, 0.4) is 0 Å². The average Bonchev–Trinajstić information content (AvgIpc) is 2.39. The van der Waals surface area contributed by atoms with Gasteiger partial charge in [0.05, 0.1) is 30.0 Å². The Morgan fingerprint density at radius 1 is 1.32 bits per heavy atom. The van der Waals surface area contributed by atoms with Gasteiger partial charge in [0.1, 0.15) is 0 Å². The van der Waals surface area contributed by atoms with Crippen LogP contribution < -0.4 is 5.32 Å². The van der Waals surface area contributed by atoms with Gasteiger partial charge in [0.25, 0.3) is 0 Å². The first-order valence-corrected chi connectivity index (χ1v) is 7.08. The summed E-state index contributed by atoms with van der Waals surface area (Å²) in [7, 11) is 0. The van der Waals surface area contributed by atoms with Crippen LogP contribution in [0.25, 0.3) is 0 Å². The van der Waals surface area contributed by atoms with Crippen LogP contribution in [-0.4, -0.2) is 55.5 Å². The van der Waals surface area contributed by atoms with E-state index in [1.54, 1.807) is 12.1 Å². The fourth-order valence-electron chi connectivity index (χ4n) is 2.01. The number of β-amino-alcohol motifs (C(OH)–C–C–N with tert-alkyl or cyclic N) is 1. The van der Waals surface area contributed by atoms with Gasteiger partial charge in [-0.3, -0.25) is 4.90 Å². The van der Waals surface area contributed by atoms with Gasteiger partial charge in [-0.25, -0.2) is 0 Å². The lowest BCUT2D eigenvalue weighted by atomic mass is 10.2. The third-order valence-electron chi connectivity index (χ3n) is 3.03. The van der Waals surface area contributed by atoms with Gasteiger partial charge in [-0.05, 0) is 18.2 Å². The lowest BCUT2D eigenvalue weighted by Gasteiger charge is -2.28. The maximum atomic E-state index is 9.99. The number of aliphatic hydroxyl groups excluding tert-OH is 1. The molecule has 6 heteroatoms. The second-order valence-corrected chi connectivity index (χ2v) is 5.42. The Morgan fingerprint density at radius 2 is 2.05 bits per heavy atom. The first-order valence-electron chi connectivity index (χ1n) is 6.32. The normalized spacial score (nSPS) is 18.3. The predicted molar refractivity (Wildman–Crippen MR) is 78.2 cm³/mol. The second-order valence-electron chi connectivity index (χ2n) is 4.57. The van der Waals surface area contributed by atoms with Crippen LogP contribution in [0.15, 0.2) is 18.2 Å².